The SMILES string of the molecule is Cn1cc([C@H](CNS(=O)(=O)c2ccc3cc[nH]c3c2)NCc2cncs2)c2ccccc21. The number of aromatic nitrogens is 3. The first-order valence-corrected chi connectivity index (χ1v) is 12.6. The molecule has 0 bridgehead atoms. The predicted octanol–water partition coefficient (Wildman–Crippen LogP) is 3.93. The number of aryl methyl sites for hydroxylation is 1. The van der Waals surface area contributed by atoms with Gasteiger partial charge in [-0.15, -0.1) is 11.3 Å². The van der Waals surface area contributed by atoms with Crippen molar-refractivity contribution in [2.75, 3.05) is 6.54 Å². The molecule has 5 aromatic rings. The monoisotopic (exact) mass is 465 g/mol. The van der Waals surface area contributed by atoms with E-state index < -0.39 is 10.0 Å². The summed E-state index contributed by atoms with van der Waals surface area (Å²) in [6.07, 6.45) is 5.69. The van der Waals surface area contributed by atoms with Crippen LogP contribution in [0.5, 0.6) is 0 Å². The van der Waals surface area contributed by atoms with E-state index in [2.05, 4.69) is 42.9 Å². The molecule has 2 aromatic carbocycles. The van der Waals surface area contributed by atoms with E-state index in [4.69, 9.17) is 0 Å². The van der Waals surface area contributed by atoms with Crippen molar-refractivity contribution in [2.24, 2.45) is 7.05 Å². The molecule has 0 amide bonds. The van der Waals surface area contributed by atoms with Crippen LogP contribution < -0.4 is 10.0 Å². The summed E-state index contributed by atoms with van der Waals surface area (Å²) in [5.74, 6) is 0. The lowest BCUT2D eigenvalue weighted by atomic mass is 10.1. The summed E-state index contributed by atoms with van der Waals surface area (Å²) >= 11 is 1.57. The lowest BCUT2D eigenvalue weighted by molar-refractivity contribution is 0.516. The Kier molecular flexibility index (Phi) is 5.56. The number of fused-ring (bicyclic) bond motifs is 2. The molecule has 5 rings (SSSR count). The molecule has 3 aromatic heterocycles. The fourth-order valence-corrected chi connectivity index (χ4v) is 5.58. The summed E-state index contributed by atoms with van der Waals surface area (Å²) in [4.78, 5) is 8.54. The molecular weight excluding hydrogens is 442 g/mol. The minimum absolute atomic E-state index is 0.216. The van der Waals surface area contributed by atoms with Gasteiger partial charge in [0.1, 0.15) is 0 Å². The van der Waals surface area contributed by atoms with E-state index in [1.165, 1.54) is 0 Å². The first-order valence-electron chi connectivity index (χ1n) is 10.2. The Morgan fingerprint density at radius 3 is 2.91 bits per heavy atom. The fraction of sp³-hybridized carbons (Fsp3) is 0.174. The van der Waals surface area contributed by atoms with Crippen LogP contribution in [0, 0.1) is 0 Å². The van der Waals surface area contributed by atoms with Gasteiger partial charge < -0.3 is 14.9 Å². The average Bonchev–Trinajstić information content (AvgIpc) is 3.54. The molecule has 0 aliphatic heterocycles. The van der Waals surface area contributed by atoms with E-state index in [0.29, 0.717) is 6.54 Å². The van der Waals surface area contributed by atoms with Crippen LogP contribution in [0.25, 0.3) is 21.8 Å². The van der Waals surface area contributed by atoms with Crippen LogP contribution in [-0.2, 0) is 23.6 Å². The van der Waals surface area contributed by atoms with Crippen molar-refractivity contribution in [1.29, 1.82) is 0 Å². The highest BCUT2D eigenvalue weighted by molar-refractivity contribution is 7.89. The minimum Gasteiger partial charge on any atom is -0.361 e. The normalized spacial score (nSPS) is 13.2. The van der Waals surface area contributed by atoms with Gasteiger partial charge >= 0.3 is 0 Å². The highest BCUT2D eigenvalue weighted by Gasteiger charge is 2.21. The standard InChI is InChI=1S/C23H23N5O2S2/c1-28-14-20(19-4-2-3-5-23(19)28)22(26-12-17-11-24-15-31-17)13-27-32(29,30)18-7-6-16-8-9-25-21(16)10-18/h2-11,14-15,22,25-27H,12-13H2,1H3/t22-/m0/s1. The second-order valence-electron chi connectivity index (χ2n) is 7.69. The zero-order valence-corrected chi connectivity index (χ0v) is 19.1. The van der Waals surface area contributed by atoms with Crippen molar-refractivity contribution in [3.8, 4) is 0 Å². The smallest absolute Gasteiger partial charge is 0.240 e. The van der Waals surface area contributed by atoms with Gasteiger partial charge in [-0.05, 0) is 35.2 Å². The van der Waals surface area contributed by atoms with Gasteiger partial charge in [-0.25, -0.2) is 13.1 Å². The molecule has 3 heterocycles. The number of hydrogen-bond acceptors (Lipinski definition) is 5. The van der Waals surface area contributed by atoms with Crippen LogP contribution >= 0.6 is 11.3 Å². The van der Waals surface area contributed by atoms with E-state index in [9.17, 15) is 8.42 Å². The first-order chi connectivity index (χ1) is 15.5. The Hall–Kier alpha value is -2.98. The van der Waals surface area contributed by atoms with Crippen LogP contribution in [0.15, 0.2) is 77.5 Å². The third-order valence-electron chi connectivity index (χ3n) is 5.62. The fourth-order valence-electron chi connectivity index (χ4n) is 3.97. The molecule has 9 heteroatoms. The van der Waals surface area contributed by atoms with Crippen molar-refractivity contribution >= 4 is 43.2 Å². The molecule has 0 saturated heterocycles. The third kappa shape index (κ3) is 4.07. The lowest BCUT2D eigenvalue weighted by Gasteiger charge is -2.19. The minimum atomic E-state index is -3.68. The van der Waals surface area contributed by atoms with Crippen LogP contribution in [0.1, 0.15) is 16.5 Å². The van der Waals surface area contributed by atoms with Crippen molar-refractivity contribution in [2.45, 2.75) is 17.5 Å². The molecule has 1 atom stereocenters. The zero-order chi connectivity index (χ0) is 22.1. The summed E-state index contributed by atoms with van der Waals surface area (Å²) in [6.45, 7) is 0.826. The molecule has 32 heavy (non-hydrogen) atoms. The molecule has 164 valence electrons. The maximum absolute atomic E-state index is 13.1. The Bertz CT molecular complexity index is 1470. The molecule has 0 fully saturated rings. The largest absolute Gasteiger partial charge is 0.361 e. The number of aromatic amines is 1. The second-order valence-corrected chi connectivity index (χ2v) is 10.4. The molecule has 7 nitrogen and oxygen atoms in total. The van der Waals surface area contributed by atoms with E-state index in [1.807, 2.05) is 37.5 Å². The van der Waals surface area contributed by atoms with E-state index in [0.717, 1.165) is 32.2 Å². The summed E-state index contributed by atoms with van der Waals surface area (Å²) in [5, 5.41) is 5.59. The van der Waals surface area contributed by atoms with Gasteiger partial charge in [0, 0.05) is 66.1 Å². The number of nitrogens with zero attached hydrogens (tertiary/aromatic N) is 2. The van der Waals surface area contributed by atoms with Crippen molar-refractivity contribution in [3.05, 3.63) is 83.1 Å². The van der Waals surface area contributed by atoms with Crippen molar-refractivity contribution in [1.82, 2.24) is 24.6 Å². The molecule has 0 unspecified atom stereocenters. The first kappa shape index (κ1) is 20.9. The van der Waals surface area contributed by atoms with Gasteiger partial charge in [0.05, 0.1) is 10.4 Å². The molecule has 0 radical (unpaired) electrons. The van der Waals surface area contributed by atoms with Crippen LogP contribution in [0.3, 0.4) is 0 Å². The van der Waals surface area contributed by atoms with E-state index in [1.54, 1.807) is 35.2 Å². The highest BCUT2D eigenvalue weighted by Crippen LogP contribution is 2.27. The topological polar surface area (TPSA) is 91.8 Å². The molecular formula is C23H23N5O2S2. The van der Waals surface area contributed by atoms with Gasteiger partial charge in [0.15, 0.2) is 0 Å². The predicted molar refractivity (Wildman–Crippen MR) is 128 cm³/mol. The van der Waals surface area contributed by atoms with E-state index in [-0.39, 0.29) is 17.5 Å². The lowest BCUT2D eigenvalue weighted by Crippen LogP contribution is -2.34. The number of rotatable bonds is 8. The highest BCUT2D eigenvalue weighted by atomic mass is 32.2. The maximum Gasteiger partial charge on any atom is 0.240 e. The van der Waals surface area contributed by atoms with Crippen molar-refractivity contribution < 1.29 is 8.42 Å². The summed E-state index contributed by atoms with van der Waals surface area (Å²) < 4.78 is 31.0. The molecule has 0 spiro atoms. The maximum atomic E-state index is 13.1. The zero-order valence-electron chi connectivity index (χ0n) is 17.4. The Morgan fingerprint density at radius 2 is 2.06 bits per heavy atom. The number of para-hydroxylation sites is 1. The quantitative estimate of drug-likeness (QED) is 0.324. The molecule has 0 saturated carbocycles. The molecule has 0 aliphatic carbocycles. The van der Waals surface area contributed by atoms with Crippen LogP contribution in [0.4, 0.5) is 0 Å². The Morgan fingerprint density at radius 1 is 1.19 bits per heavy atom. The summed E-state index contributed by atoms with van der Waals surface area (Å²) in [6, 6.07) is 14.9. The van der Waals surface area contributed by atoms with Gasteiger partial charge in [-0.2, -0.15) is 0 Å². The van der Waals surface area contributed by atoms with Crippen molar-refractivity contribution in [3.63, 3.8) is 0 Å². The molecule has 0 aliphatic rings. The van der Waals surface area contributed by atoms with E-state index >= 15 is 0 Å². The second kappa shape index (κ2) is 8.51. The van der Waals surface area contributed by atoms with Gasteiger partial charge in [-0.3, -0.25) is 4.98 Å². The van der Waals surface area contributed by atoms with Crippen LogP contribution in [0.2, 0.25) is 0 Å². The molecule has 3 N–H and O–H groups in total. The number of hydrogen-bond donors (Lipinski definition) is 3. The Balaban J connectivity index is 1.43. The van der Waals surface area contributed by atoms with Gasteiger partial charge in [0.2, 0.25) is 10.0 Å². The number of H-pyrrole nitrogens is 1. The van der Waals surface area contributed by atoms with Gasteiger partial charge in [-0.1, -0.05) is 24.3 Å². The van der Waals surface area contributed by atoms with Gasteiger partial charge in [0.25, 0.3) is 0 Å². The number of sulfonamides is 1. The summed E-state index contributed by atoms with van der Waals surface area (Å²) in [5.41, 5.74) is 4.74. The number of nitrogens with one attached hydrogen (secondary N) is 3. The van der Waals surface area contributed by atoms with Crippen LogP contribution in [-0.4, -0.2) is 29.5 Å². The number of benzene rings is 2. The third-order valence-corrected chi connectivity index (χ3v) is 7.82. The number of thiazole rings is 1. The Labute approximate surface area is 190 Å². The average molecular weight is 466 g/mol. The summed E-state index contributed by atoms with van der Waals surface area (Å²) in [7, 11) is -1.68.